The van der Waals surface area contributed by atoms with Crippen LogP contribution in [0.3, 0.4) is 0 Å². The van der Waals surface area contributed by atoms with E-state index >= 15 is 0 Å². The molecule has 0 saturated carbocycles. The Hall–Kier alpha value is -0.620. The summed E-state index contributed by atoms with van der Waals surface area (Å²) < 4.78 is 2.12. The quantitative estimate of drug-likeness (QED) is 0.788. The molecular weight excluding hydrogens is 198 g/mol. The fraction of sp³-hybridized carbons (Fsp3) is 0.875. The van der Waals surface area contributed by atoms with Crippen molar-refractivity contribution in [3.8, 4) is 0 Å². The first-order valence-electron chi connectivity index (χ1n) is 4.83. The van der Waals surface area contributed by atoms with Crippen LogP contribution in [0.1, 0.15) is 25.6 Å². The lowest BCUT2D eigenvalue weighted by atomic mass is 10.1. The Morgan fingerprint density at radius 1 is 1.64 bits per heavy atom. The second-order valence-corrected chi connectivity index (χ2v) is 5.54. The molecule has 1 fully saturated rings. The number of tetrazole rings is 1. The monoisotopic (exact) mass is 213 g/mol. The van der Waals surface area contributed by atoms with Gasteiger partial charge in [0.05, 0.1) is 13.1 Å². The molecule has 6 heteroatoms. The summed E-state index contributed by atoms with van der Waals surface area (Å²) in [6, 6.07) is 0. The number of hydrogen-bond donors (Lipinski definition) is 1. The van der Waals surface area contributed by atoms with Crippen LogP contribution in [-0.4, -0.2) is 30.7 Å². The maximum Gasteiger partial charge on any atom is 0.164 e. The summed E-state index contributed by atoms with van der Waals surface area (Å²) in [5.74, 6) is 2.02. The highest BCUT2D eigenvalue weighted by molar-refractivity contribution is 8.00. The van der Waals surface area contributed by atoms with Gasteiger partial charge in [-0.25, -0.2) is 4.68 Å². The zero-order valence-electron chi connectivity index (χ0n) is 8.31. The van der Waals surface area contributed by atoms with Crippen LogP contribution in [0.2, 0.25) is 0 Å². The molecule has 78 valence electrons. The summed E-state index contributed by atoms with van der Waals surface area (Å²) in [6.07, 6.45) is 2.53. The van der Waals surface area contributed by atoms with Gasteiger partial charge in [0.1, 0.15) is 0 Å². The third kappa shape index (κ3) is 1.90. The summed E-state index contributed by atoms with van der Waals surface area (Å²) in [7, 11) is 0. The van der Waals surface area contributed by atoms with E-state index < -0.39 is 0 Å². The summed E-state index contributed by atoms with van der Waals surface area (Å²) in [5, 5.41) is 11.5. The van der Waals surface area contributed by atoms with E-state index in [4.69, 9.17) is 5.73 Å². The molecule has 1 unspecified atom stereocenters. The van der Waals surface area contributed by atoms with Gasteiger partial charge in [0.25, 0.3) is 0 Å². The van der Waals surface area contributed by atoms with E-state index in [1.54, 1.807) is 0 Å². The Morgan fingerprint density at radius 3 is 3.14 bits per heavy atom. The predicted molar refractivity (Wildman–Crippen MR) is 55.8 cm³/mol. The molecule has 0 spiro atoms. The van der Waals surface area contributed by atoms with Gasteiger partial charge < -0.3 is 5.73 Å². The molecule has 0 radical (unpaired) electrons. The molecule has 0 bridgehead atoms. The highest BCUT2D eigenvalue weighted by Crippen LogP contribution is 2.38. The van der Waals surface area contributed by atoms with E-state index in [1.165, 1.54) is 18.6 Å². The summed E-state index contributed by atoms with van der Waals surface area (Å²) >= 11 is 2.00. The topological polar surface area (TPSA) is 69.6 Å². The van der Waals surface area contributed by atoms with Crippen LogP contribution in [-0.2, 0) is 13.1 Å². The normalized spacial score (nSPS) is 27.0. The molecule has 1 saturated heterocycles. The highest BCUT2D eigenvalue weighted by atomic mass is 32.2. The number of nitrogens with zero attached hydrogens (tertiary/aromatic N) is 4. The first-order chi connectivity index (χ1) is 6.73. The van der Waals surface area contributed by atoms with E-state index in [0.717, 1.165) is 12.4 Å². The molecule has 5 nitrogen and oxygen atoms in total. The second kappa shape index (κ2) is 3.86. The number of aromatic nitrogens is 4. The van der Waals surface area contributed by atoms with Crippen LogP contribution < -0.4 is 5.73 Å². The van der Waals surface area contributed by atoms with E-state index in [2.05, 4.69) is 22.4 Å². The fourth-order valence-corrected chi connectivity index (χ4v) is 3.05. The van der Waals surface area contributed by atoms with Crippen LogP contribution in [0.15, 0.2) is 0 Å². The molecule has 1 aromatic rings. The molecule has 0 amide bonds. The highest BCUT2D eigenvalue weighted by Gasteiger charge is 2.31. The smallest absolute Gasteiger partial charge is 0.164 e. The Balaban J connectivity index is 2.09. The zero-order valence-corrected chi connectivity index (χ0v) is 9.13. The largest absolute Gasteiger partial charge is 0.324 e. The van der Waals surface area contributed by atoms with Crippen molar-refractivity contribution >= 4 is 11.8 Å². The predicted octanol–water partition coefficient (Wildman–Crippen LogP) is 0.417. The van der Waals surface area contributed by atoms with Gasteiger partial charge in [-0.15, -0.1) is 5.10 Å². The lowest BCUT2D eigenvalue weighted by molar-refractivity contribution is 0.455. The number of thioether (sulfide) groups is 1. The molecule has 2 rings (SSSR count). The van der Waals surface area contributed by atoms with Crippen LogP contribution in [0.5, 0.6) is 0 Å². The van der Waals surface area contributed by atoms with Crippen LogP contribution in [0.25, 0.3) is 0 Å². The van der Waals surface area contributed by atoms with Gasteiger partial charge in [0, 0.05) is 4.75 Å². The van der Waals surface area contributed by atoms with Crippen molar-refractivity contribution in [2.24, 2.45) is 5.73 Å². The molecular formula is C8H15N5S. The van der Waals surface area contributed by atoms with Crippen molar-refractivity contribution < 1.29 is 0 Å². The molecule has 2 heterocycles. The van der Waals surface area contributed by atoms with Gasteiger partial charge in [-0.05, 0) is 35.9 Å². The first-order valence-corrected chi connectivity index (χ1v) is 5.81. The van der Waals surface area contributed by atoms with Gasteiger partial charge in [-0.3, -0.25) is 0 Å². The first kappa shape index (κ1) is 9.92. The Bertz CT molecular complexity index is 304. The van der Waals surface area contributed by atoms with Crippen LogP contribution in [0, 0.1) is 0 Å². The summed E-state index contributed by atoms with van der Waals surface area (Å²) in [6.45, 7) is 3.55. The van der Waals surface area contributed by atoms with Crippen molar-refractivity contribution in [3.05, 3.63) is 5.82 Å². The van der Waals surface area contributed by atoms with Gasteiger partial charge >= 0.3 is 0 Å². The van der Waals surface area contributed by atoms with Crippen molar-refractivity contribution in [1.82, 2.24) is 20.2 Å². The van der Waals surface area contributed by atoms with E-state index in [0.29, 0.717) is 11.3 Å². The minimum Gasteiger partial charge on any atom is -0.324 e. The maximum absolute atomic E-state index is 5.54. The van der Waals surface area contributed by atoms with Crippen LogP contribution in [0.4, 0.5) is 0 Å². The SMILES string of the molecule is CC1(Cn2nnnc2CN)CCCS1. The third-order valence-corrected chi connectivity index (χ3v) is 4.10. The Kier molecular flexibility index (Phi) is 2.73. The average molecular weight is 213 g/mol. The molecule has 0 aliphatic carbocycles. The molecule has 2 N–H and O–H groups in total. The molecule has 0 aromatic carbocycles. The van der Waals surface area contributed by atoms with Crippen LogP contribution >= 0.6 is 11.8 Å². The van der Waals surface area contributed by atoms with E-state index in [-0.39, 0.29) is 0 Å². The van der Waals surface area contributed by atoms with Crippen molar-refractivity contribution in [2.75, 3.05) is 5.75 Å². The molecule has 1 aliphatic heterocycles. The number of nitrogens with two attached hydrogens (primary N) is 1. The van der Waals surface area contributed by atoms with E-state index in [9.17, 15) is 0 Å². The number of rotatable bonds is 3. The molecule has 1 aromatic heterocycles. The maximum atomic E-state index is 5.54. The minimum absolute atomic E-state index is 0.291. The van der Waals surface area contributed by atoms with Gasteiger partial charge in [-0.1, -0.05) is 0 Å². The molecule has 1 atom stereocenters. The number of hydrogen-bond acceptors (Lipinski definition) is 5. The van der Waals surface area contributed by atoms with Crippen molar-refractivity contribution in [1.29, 1.82) is 0 Å². The minimum atomic E-state index is 0.291. The fourth-order valence-electron chi connectivity index (χ4n) is 1.77. The standard InChI is InChI=1S/C8H15N5S/c1-8(3-2-4-14-8)6-13-7(5-9)10-11-12-13/h2-6,9H2,1H3. The Labute approximate surface area is 87.4 Å². The third-order valence-electron chi connectivity index (χ3n) is 2.57. The van der Waals surface area contributed by atoms with Crippen molar-refractivity contribution in [2.45, 2.75) is 37.6 Å². The van der Waals surface area contributed by atoms with Gasteiger partial charge in [0.2, 0.25) is 0 Å². The average Bonchev–Trinajstić information content (AvgIpc) is 2.75. The molecule has 1 aliphatic rings. The molecule has 14 heavy (non-hydrogen) atoms. The Morgan fingerprint density at radius 2 is 2.50 bits per heavy atom. The van der Waals surface area contributed by atoms with Gasteiger partial charge in [-0.2, -0.15) is 11.8 Å². The summed E-state index contributed by atoms with van der Waals surface area (Å²) in [4.78, 5) is 0. The summed E-state index contributed by atoms with van der Waals surface area (Å²) in [5.41, 5.74) is 5.54. The lowest BCUT2D eigenvalue weighted by Gasteiger charge is -2.22. The van der Waals surface area contributed by atoms with E-state index in [1.807, 2.05) is 16.4 Å². The lowest BCUT2D eigenvalue weighted by Crippen LogP contribution is -2.26. The van der Waals surface area contributed by atoms with Crippen molar-refractivity contribution in [3.63, 3.8) is 0 Å². The zero-order chi connectivity index (χ0) is 10.0. The van der Waals surface area contributed by atoms with Gasteiger partial charge in [0.15, 0.2) is 5.82 Å². The second-order valence-electron chi connectivity index (χ2n) is 3.86.